The molecule has 1 saturated heterocycles. The highest BCUT2D eigenvalue weighted by molar-refractivity contribution is 5.82. The first kappa shape index (κ1) is 14.5. The standard InChI is InChI=1S/C19H22N2O2/c1-14-9-10-17(23-14)19(22)21-13-12-20-11-5-8-16(20)18(21)15-6-3-2-4-7-15/h2-8,11,14,17-18H,9-10,12-13H2,1H3/t14-,17+,18+/m1/s1. The Morgan fingerprint density at radius 1 is 1.09 bits per heavy atom. The second-order valence-electron chi connectivity index (χ2n) is 6.48. The Morgan fingerprint density at radius 3 is 2.65 bits per heavy atom. The first-order chi connectivity index (χ1) is 11.2. The third kappa shape index (κ3) is 2.57. The van der Waals surface area contributed by atoms with Crippen LogP contribution in [-0.4, -0.2) is 34.1 Å². The molecule has 0 bridgehead atoms. The van der Waals surface area contributed by atoms with Gasteiger partial charge in [-0.2, -0.15) is 0 Å². The zero-order valence-electron chi connectivity index (χ0n) is 13.4. The number of carbonyl (C=O) groups excluding carboxylic acids is 1. The number of rotatable bonds is 2. The minimum atomic E-state index is -0.280. The molecule has 0 radical (unpaired) electrons. The van der Waals surface area contributed by atoms with Gasteiger partial charge in [0.05, 0.1) is 12.1 Å². The van der Waals surface area contributed by atoms with Crippen LogP contribution in [0.25, 0.3) is 0 Å². The van der Waals surface area contributed by atoms with Crippen molar-refractivity contribution < 1.29 is 9.53 Å². The van der Waals surface area contributed by atoms with Gasteiger partial charge in [-0.25, -0.2) is 0 Å². The summed E-state index contributed by atoms with van der Waals surface area (Å²) in [6, 6.07) is 14.5. The summed E-state index contributed by atoms with van der Waals surface area (Å²) in [6.45, 7) is 3.62. The molecule has 4 rings (SSSR count). The Morgan fingerprint density at radius 2 is 1.91 bits per heavy atom. The van der Waals surface area contributed by atoms with Crippen molar-refractivity contribution in [3.8, 4) is 0 Å². The molecule has 2 aromatic rings. The number of fused-ring (bicyclic) bond motifs is 1. The fourth-order valence-electron chi connectivity index (χ4n) is 3.78. The Balaban J connectivity index is 1.69. The lowest BCUT2D eigenvalue weighted by Crippen LogP contribution is -2.46. The number of hydrogen-bond donors (Lipinski definition) is 0. The van der Waals surface area contributed by atoms with Crippen LogP contribution < -0.4 is 0 Å². The van der Waals surface area contributed by atoms with E-state index in [-0.39, 0.29) is 24.2 Å². The monoisotopic (exact) mass is 310 g/mol. The molecular formula is C19H22N2O2. The van der Waals surface area contributed by atoms with E-state index in [1.165, 1.54) is 5.69 Å². The molecule has 0 spiro atoms. The van der Waals surface area contributed by atoms with Gasteiger partial charge in [0.2, 0.25) is 0 Å². The van der Waals surface area contributed by atoms with Gasteiger partial charge in [-0.1, -0.05) is 30.3 Å². The van der Waals surface area contributed by atoms with Gasteiger partial charge < -0.3 is 14.2 Å². The van der Waals surface area contributed by atoms with Crippen molar-refractivity contribution in [1.82, 2.24) is 9.47 Å². The van der Waals surface area contributed by atoms with Crippen molar-refractivity contribution in [3.63, 3.8) is 0 Å². The zero-order chi connectivity index (χ0) is 15.8. The molecule has 3 heterocycles. The Bertz CT molecular complexity index is 694. The quantitative estimate of drug-likeness (QED) is 0.854. The largest absolute Gasteiger partial charge is 0.365 e. The molecule has 0 N–H and O–H groups in total. The summed E-state index contributed by atoms with van der Waals surface area (Å²) in [4.78, 5) is 15.1. The van der Waals surface area contributed by atoms with Crippen LogP contribution in [0.5, 0.6) is 0 Å². The highest BCUT2D eigenvalue weighted by Gasteiger charge is 2.38. The van der Waals surface area contributed by atoms with Crippen molar-refractivity contribution in [2.45, 2.75) is 44.6 Å². The van der Waals surface area contributed by atoms with Crippen LogP contribution in [0.4, 0.5) is 0 Å². The van der Waals surface area contributed by atoms with Crippen molar-refractivity contribution in [2.24, 2.45) is 0 Å². The molecule has 4 heteroatoms. The summed E-state index contributed by atoms with van der Waals surface area (Å²) in [6.07, 6.45) is 3.81. The second kappa shape index (κ2) is 5.85. The topological polar surface area (TPSA) is 34.5 Å². The van der Waals surface area contributed by atoms with Crippen molar-refractivity contribution in [3.05, 3.63) is 59.9 Å². The summed E-state index contributed by atoms with van der Waals surface area (Å²) >= 11 is 0. The van der Waals surface area contributed by atoms with E-state index >= 15 is 0 Å². The number of nitrogens with zero attached hydrogens (tertiary/aromatic N) is 2. The van der Waals surface area contributed by atoms with Gasteiger partial charge in [0.1, 0.15) is 6.10 Å². The molecule has 2 aliphatic heterocycles. The molecule has 4 nitrogen and oxygen atoms in total. The summed E-state index contributed by atoms with van der Waals surface area (Å²) < 4.78 is 8.08. The van der Waals surface area contributed by atoms with Gasteiger partial charge in [0.15, 0.2) is 0 Å². The van der Waals surface area contributed by atoms with Crippen LogP contribution in [0.3, 0.4) is 0 Å². The molecule has 3 atom stereocenters. The van der Waals surface area contributed by atoms with Crippen LogP contribution in [0.1, 0.15) is 37.1 Å². The minimum Gasteiger partial charge on any atom is -0.365 e. The summed E-state index contributed by atoms with van der Waals surface area (Å²) in [5.41, 5.74) is 2.34. The number of aromatic nitrogens is 1. The maximum Gasteiger partial charge on any atom is 0.252 e. The zero-order valence-corrected chi connectivity index (χ0v) is 13.4. The average Bonchev–Trinajstić information content (AvgIpc) is 3.22. The van der Waals surface area contributed by atoms with Gasteiger partial charge in [-0.3, -0.25) is 4.79 Å². The van der Waals surface area contributed by atoms with E-state index in [4.69, 9.17) is 4.74 Å². The van der Waals surface area contributed by atoms with E-state index < -0.39 is 0 Å². The summed E-state index contributed by atoms with van der Waals surface area (Å²) in [5.74, 6) is 0.135. The molecule has 1 amide bonds. The third-order valence-corrected chi connectivity index (χ3v) is 4.94. The van der Waals surface area contributed by atoms with Gasteiger partial charge in [0.25, 0.3) is 5.91 Å². The lowest BCUT2D eigenvalue weighted by atomic mass is 9.99. The predicted octanol–water partition coefficient (Wildman–Crippen LogP) is 2.99. The lowest BCUT2D eigenvalue weighted by Gasteiger charge is -2.38. The number of ether oxygens (including phenoxy) is 1. The van der Waals surface area contributed by atoms with Gasteiger partial charge in [-0.05, 0) is 37.5 Å². The van der Waals surface area contributed by atoms with E-state index in [1.807, 2.05) is 30.0 Å². The highest BCUT2D eigenvalue weighted by atomic mass is 16.5. The molecule has 0 aliphatic carbocycles. The SMILES string of the molecule is C[C@@H]1CC[C@@H](C(=O)N2CCn3cccc3[C@@H]2c2ccccc2)O1. The number of benzene rings is 1. The highest BCUT2D eigenvalue weighted by Crippen LogP contribution is 2.34. The molecule has 1 aromatic heterocycles. The minimum absolute atomic E-state index is 0.0213. The summed E-state index contributed by atoms with van der Waals surface area (Å²) in [7, 11) is 0. The van der Waals surface area contributed by atoms with Crippen molar-refractivity contribution in [1.29, 1.82) is 0 Å². The van der Waals surface area contributed by atoms with E-state index in [2.05, 4.69) is 35.0 Å². The normalized spacial score (nSPS) is 27.0. The fourth-order valence-corrected chi connectivity index (χ4v) is 3.78. The fraction of sp³-hybridized carbons (Fsp3) is 0.421. The molecule has 120 valence electrons. The lowest BCUT2D eigenvalue weighted by molar-refractivity contribution is -0.145. The van der Waals surface area contributed by atoms with E-state index in [9.17, 15) is 4.79 Å². The van der Waals surface area contributed by atoms with Gasteiger partial charge >= 0.3 is 0 Å². The van der Waals surface area contributed by atoms with Crippen molar-refractivity contribution >= 4 is 5.91 Å². The maximum atomic E-state index is 13.1. The van der Waals surface area contributed by atoms with Crippen LogP contribution in [0.15, 0.2) is 48.7 Å². The second-order valence-corrected chi connectivity index (χ2v) is 6.48. The Kier molecular flexibility index (Phi) is 3.69. The predicted molar refractivity (Wildman–Crippen MR) is 88.0 cm³/mol. The Labute approximate surface area is 136 Å². The van der Waals surface area contributed by atoms with Crippen LogP contribution in [0.2, 0.25) is 0 Å². The number of amides is 1. The average molecular weight is 310 g/mol. The van der Waals surface area contributed by atoms with Crippen LogP contribution >= 0.6 is 0 Å². The maximum absolute atomic E-state index is 13.1. The molecule has 23 heavy (non-hydrogen) atoms. The third-order valence-electron chi connectivity index (χ3n) is 4.94. The molecule has 0 saturated carbocycles. The number of hydrogen-bond acceptors (Lipinski definition) is 2. The van der Waals surface area contributed by atoms with Gasteiger partial charge in [0, 0.05) is 25.0 Å². The van der Waals surface area contributed by atoms with Crippen molar-refractivity contribution in [2.75, 3.05) is 6.54 Å². The van der Waals surface area contributed by atoms with E-state index in [0.29, 0.717) is 0 Å². The molecular weight excluding hydrogens is 288 g/mol. The summed E-state index contributed by atoms with van der Waals surface area (Å²) in [5, 5.41) is 0. The molecule has 2 aliphatic rings. The molecule has 0 unspecified atom stereocenters. The first-order valence-electron chi connectivity index (χ1n) is 8.40. The smallest absolute Gasteiger partial charge is 0.252 e. The van der Waals surface area contributed by atoms with E-state index in [1.54, 1.807) is 0 Å². The van der Waals surface area contributed by atoms with E-state index in [0.717, 1.165) is 31.5 Å². The number of carbonyl (C=O) groups is 1. The van der Waals surface area contributed by atoms with Gasteiger partial charge in [-0.15, -0.1) is 0 Å². The van der Waals surface area contributed by atoms with Crippen LogP contribution in [0, 0.1) is 0 Å². The molecule has 1 aromatic carbocycles. The van der Waals surface area contributed by atoms with Crippen LogP contribution in [-0.2, 0) is 16.1 Å². The molecule has 1 fully saturated rings. The first-order valence-corrected chi connectivity index (χ1v) is 8.40. The Hall–Kier alpha value is -2.07.